The summed E-state index contributed by atoms with van der Waals surface area (Å²) in [6, 6.07) is 1.24. The van der Waals surface area contributed by atoms with Gasteiger partial charge >= 0.3 is 5.97 Å². The highest BCUT2D eigenvalue weighted by Gasteiger charge is 2.25. The number of aromatic carboxylic acids is 1. The first kappa shape index (κ1) is 11.0. The first-order chi connectivity index (χ1) is 6.99. The van der Waals surface area contributed by atoms with Crippen molar-refractivity contribution in [2.24, 2.45) is 0 Å². The molecule has 0 aromatic carbocycles. The molecule has 7 heteroatoms. The summed E-state index contributed by atoms with van der Waals surface area (Å²) in [5.74, 6) is -3.31. The van der Waals surface area contributed by atoms with Crippen LogP contribution in [-0.4, -0.2) is 16.1 Å². The van der Waals surface area contributed by atoms with Gasteiger partial charge in [-0.1, -0.05) is 0 Å². The summed E-state index contributed by atoms with van der Waals surface area (Å²) in [5.41, 5.74) is -3.11. The van der Waals surface area contributed by atoms with Crippen LogP contribution < -0.4 is 0 Å². The highest BCUT2D eigenvalue weighted by atomic mass is 19.3. The lowest BCUT2D eigenvalue weighted by Gasteiger charge is -2.06. The lowest BCUT2D eigenvalue weighted by molar-refractivity contribution is 0.0681. The van der Waals surface area contributed by atoms with Crippen LogP contribution in [0.2, 0.25) is 0 Å². The lowest BCUT2D eigenvalue weighted by atomic mass is 10.1. The number of rotatable bonds is 2. The molecule has 0 aliphatic carbocycles. The van der Waals surface area contributed by atoms with Crippen molar-refractivity contribution in [3.8, 4) is 6.07 Å². The molecule has 4 nitrogen and oxygen atoms in total. The maximum Gasteiger partial charge on any atom is 0.337 e. The maximum absolute atomic E-state index is 13.1. The Morgan fingerprint density at radius 3 is 2.60 bits per heavy atom. The molecule has 1 aromatic heterocycles. The van der Waals surface area contributed by atoms with Crippen molar-refractivity contribution < 1.29 is 23.1 Å². The van der Waals surface area contributed by atoms with Crippen molar-refractivity contribution in [2.45, 2.75) is 6.43 Å². The van der Waals surface area contributed by atoms with Gasteiger partial charge in [0.05, 0.1) is 11.1 Å². The summed E-state index contributed by atoms with van der Waals surface area (Å²) in [4.78, 5) is 13.6. The predicted molar refractivity (Wildman–Crippen MR) is 40.8 cm³/mol. The monoisotopic (exact) mass is 216 g/mol. The third kappa shape index (κ3) is 1.88. The quantitative estimate of drug-likeness (QED) is 0.816. The predicted octanol–water partition coefficient (Wildman–Crippen LogP) is 1.73. The van der Waals surface area contributed by atoms with Gasteiger partial charge in [0.2, 0.25) is 0 Å². The van der Waals surface area contributed by atoms with E-state index in [1.165, 1.54) is 6.07 Å². The van der Waals surface area contributed by atoms with Gasteiger partial charge in [-0.15, -0.1) is 0 Å². The molecular formula is C8H3F3N2O2. The third-order valence-corrected chi connectivity index (χ3v) is 1.61. The summed E-state index contributed by atoms with van der Waals surface area (Å²) in [6.07, 6.45) is -2.78. The Morgan fingerprint density at radius 1 is 1.60 bits per heavy atom. The van der Waals surface area contributed by atoms with Crippen molar-refractivity contribution >= 4 is 5.97 Å². The molecule has 0 saturated heterocycles. The van der Waals surface area contributed by atoms with Crippen LogP contribution in [0.25, 0.3) is 0 Å². The largest absolute Gasteiger partial charge is 0.478 e. The number of hydrogen-bond acceptors (Lipinski definition) is 3. The molecule has 0 fully saturated rings. The van der Waals surface area contributed by atoms with Gasteiger partial charge in [-0.3, -0.25) is 0 Å². The summed E-state index contributed by atoms with van der Waals surface area (Å²) in [5, 5.41) is 16.8. The van der Waals surface area contributed by atoms with Crippen LogP contribution in [0.1, 0.15) is 28.0 Å². The van der Waals surface area contributed by atoms with Crippen LogP contribution in [-0.2, 0) is 0 Å². The van der Waals surface area contributed by atoms with Crippen molar-refractivity contribution in [2.75, 3.05) is 0 Å². The van der Waals surface area contributed by atoms with E-state index < -0.39 is 35.0 Å². The Labute approximate surface area is 81.6 Å². The fraction of sp³-hybridized carbons (Fsp3) is 0.125. The number of aromatic nitrogens is 1. The number of carboxylic acid groups (broad SMARTS) is 1. The number of nitrogens with zero attached hydrogens (tertiary/aromatic N) is 2. The second-order valence-electron chi connectivity index (χ2n) is 2.47. The highest BCUT2D eigenvalue weighted by Crippen LogP contribution is 2.26. The summed E-state index contributed by atoms with van der Waals surface area (Å²) >= 11 is 0. The molecule has 78 valence electrons. The lowest BCUT2D eigenvalue weighted by Crippen LogP contribution is -2.08. The summed E-state index contributed by atoms with van der Waals surface area (Å²) in [6.45, 7) is 0. The zero-order valence-electron chi connectivity index (χ0n) is 7.04. The maximum atomic E-state index is 13.1. The number of hydrogen-bond donors (Lipinski definition) is 1. The molecule has 1 heterocycles. The summed E-state index contributed by atoms with van der Waals surface area (Å²) in [7, 11) is 0. The van der Waals surface area contributed by atoms with Gasteiger partial charge in [0.25, 0.3) is 6.43 Å². The highest BCUT2D eigenvalue weighted by molar-refractivity contribution is 5.89. The van der Waals surface area contributed by atoms with E-state index in [-0.39, 0.29) is 0 Å². The number of halogens is 3. The second-order valence-corrected chi connectivity index (χ2v) is 2.47. The van der Waals surface area contributed by atoms with E-state index in [2.05, 4.69) is 4.98 Å². The van der Waals surface area contributed by atoms with Gasteiger partial charge < -0.3 is 5.11 Å². The topological polar surface area (TPSA) is 74.0 Å². The average molecular weight is 216 g/mol. The van der Waals surface area contributed by atoms with E-state index in [0.717, 1.165) is 0 Å². The molecule has 0 aliphatic heterocycles. The van der Waals surface area contributed by atoms with Gasteiger partial charge in [-0.2, -0.15) is 5.26 Å². The number of carbonyl (C=O) groups is 1. The van der Waals surface area contributed by atoms with Crippen molar-refractivity contribution in [3.05, 3.63) is 28.8 Å². The molecule has 15 heavy (non-hydrogen) atoms. The zero-order chi connectivity index (χ0) is 11.6. The van der Waals surface area contributed by atoms with Crippen LogP contribution in [0.3, 0.4) is 0 Å². The van der Waals surface area contributed by atoms with Gasteiger partial charge in [0.1, 0.15) is 6.07 Å². The molecular weight excluding hydrogens is 213 g/mol. The van der Waals surface area contributed by atoms with Crippen molar-refractivity contribution in [1.29, 1.82) is 5.26 Å². The Balaban J connectivity index is 3.53. The Morgan fingerprint density at radius 2 is 2.20 bits per heavy atom. The average Bonchev–Trinajstić information content (AvgIpc) is 2.16. The minimum atomic E-state index is -3.31. The molecule has 1 rings (SSSR count). The molecule has 0 radical (unpaired) electrons. The minimum Gasteiger partial charge on any atom is -0.478 e. The van der Waals surface area contributed by atoms with Crippen LogP contribution in [0.4, 0.5) is 13.2 Å². The Kier molecular flexibility index (Phi) is 2.90. The molecule has 0 unspecified atom stereocenters. The molecule has 1 N–H and O–H groups in total. The minimum absolute atomic E-state index is 0.533. The normalized spacial score (nSPS) is 10.1. The SMILES string of the molecule is N#Cc1ncc(C(=O)O)c(C(F)F)c1F. The standard InChI is InChI=1S/C8H3F3N2O2/c9-6-4(1-12)13-2-3(8(14)15)5(6)7(10)11/h2,7H,(H,14,15). The summed E-state index contributed by atoms with van der Waals surface area (Å²) < 4.78 is 37.8. The molecule has 0 aliphatic rings. The Bertz CT molecular complexity index is 454. The van der Waals surface area contributed by atoms with E-state index in [1.807, 2.05) is 0 Å². The fourth-order valence-electron chi connectivity index (χ4n) is 0.963. The van der Waals surface area contributed by atoms with Crippen LogP contribution >= 0.6 is 0 Å². The van der Waals surface area contributed by atoms with E-state index in [0.29, 0.717) is 6.20 Å². The Hall–Kier alpha value is -2.10. The van der Waals surface area contributed by atoms with Crippen LogP contribution in [0.5, 0.6) is 0 Å². The molecule has 0 amide bonds. The van der Waals surface area contributed by atoms with Crippen molar-refractivity contribution in [3.63, 3.8) is 0 Å². The molecule has 1 aromatic rings. The van der Waals surface area contributed by atoms with Gasteiger partial charge in [0, 0.05) is 6.20 Å². The molecule has 0 saturated carbocycles. The first-order valence-electron chi connectivity index (χ1n) is 3.59. The first-order valence-corrected chi connectivity index (χ1v) is 3.59. The number of alkyl halides is 2. The van der Waals surface area contributed by atoms with Gasteiger partial charge in [-0.05, 0) is 0 Å². The van der Waals surface area contributed by atoms with Crippen LogP contribution in [0, 0.1) is 17.1 Å². The number of carboxylic acids is 1. The smallest absolute Gasteiger partial charge is 0.337 e. The van der Waals surface area contributed by atoms with E-state index in [4.69, 9.17) is 10.4 Å². The fourth-order valence-corrected chi connectivity index (χ4v) is 0.963. The van der Waals surface area contributed by atoms with E-state index in [9.17, 15) is 18.0 Å². The number of pyridine rings is 1. The second kappa shape index (κ2) is 3.96. The van der Waals surface area contributed by atoms with Crippen molar-refractivity contribution in [1.82, 2.24) is 4.98 Å². The third-order valence-electron chi connectivity index (χ3n) is 1.61. The molecule has 0 spiro atoms. The molecule has 0 atom stereocenters. The zero-order valence-corrected chi connectivity index (χ0v) is 7.04. The van der Waals surface area contributed by atoms with E-state index in [1.54, 1.807) is 0 Å². The van der Waals surface area contributed by atoms with E-state index >= 15 is 0 Å². The van der Waals surface area contributed by atoms with Gasteiger partial charge in [-0.25, -0.2) is 22.9 Å². The number of nitriles is 1. The molecule has 0 bridgehead atoms. The van der Waals surface area contributed by atoms with Gasteiger partial charge in [0.15, 0.2) is 11.5 Å². The van der Waals surface area contributed by atoms with Crippen LogP contribution in [0.15, 0.2) is 6.20 Å².